The van der Waals surface area contributed by atoms with Crippen LogP contribution in [-0.4, -0.2) is 17.9 Å². The molecule has 0 aliphatic carbocycles. The van der Waals surface area contributed by atoms with E-state index in [4.69, 9.17) is 13.3 Å². The lowest BCUT2D eigenvalue weighted by Crippen LogP contribution is -2.03. The predicted molar refractivity (Wildman–Crippen MR) is 103 cm³/mol. The molecular weight excluding hydrogens is 346 g/mol. The van der Waals surface area contributed by atoms with E-state index >= 15 is 0 Å². The van der Waals surface area contributed by atoms with Crippen LogP contribution in [0.15, 0.2) is 58.3 Å². The Bertz CT molecular complexity index is 1150. The van der Waals surface area contributed by atoms with Gasteiger partial charge in [0, 0.05) is 31.7 Å². The van der Waals surface area contributed by atoms with Gasteiger partial charge in [0.1, 0.15) is 11.5 Å². The summed E-state index contributed by atoms with van der Waals surface area (Å²) >= 11 is 1.48. The van der Waals surface area contributed by atoms with Gasteiger partial charge in [0.25, 0.3) is 0 Å². The maximum atomic E-state index is 11.2. The van der Waals surface area contributed by atoms with Gasteiger partial charge in [0.2, 0.25) is 5.89 Å². The van der Waals surface area contributed by atoms with E-state index in [0.717, 1.165) is 21.9 Å². The first-order valence-electron chi connectivity index (χ1n) is 9.61. The largest absolute Gasteiger partial charge is 0.493 e. The van der Waals surface area contributed by atoms with Crippen molar-refractivity contribution in [2.24, 2.45) is 0 Å². The van der Waals surface area contributed by atoms with Crippen molar-refractivity contribution in [1.82, 2.24) is 4.98 Å². The smallest absolute Gasteiger partial charge is 0.226 e. The maximum Gasteiger partial charge on any atom is 0.226 e. The Balaban J connectivity index is 1.56. The van der Waals surface area contributed by atoms with Crippen LogP contribution in [0.5, 0.6) is 5.75 Å². The third-order valence-electron chi connectivity index (χ3n) is 4.05. The molecule has 0 saturated carbocycles. The van der Waals surface area contributed by atoms with Crippen molar-refractivity contribution in [3.63, 3.8) is 0 Å². The number of hydrogen-bond acceptors (Lipinski definition) is 5. The third-order valence-corrected chi connectivity index (χ3v) is 5.01. The molecule has 0 radical (unpaired) electrons. The van der Waals surface area contributed by atoms with Crippen LogP contribution < -0.4 is 4.74 Å². The number of carbonyl (C=O) groups excluding carboxylic acids is 1. The second-order valence-corrected chi connectivity index (χ2v) is 6.61. The Hall–Kier alpha value is -2.92. The Morgan fingerprint density at radius 1 is 1.23 bits per heavy atom. The summed E-state index contributed by atoms with van der Waals surface area (Å²) in [5.74, 6) is 0.813. The van der Waals surface area contributed by atoms with Crippen molar-refractivity contribution >= 4 is 27.7 Å². The minimum absolute atomic E-state index is 0.114. The highest BCUT2D eigenvalue weighted by molar-refractivity contribution is 7.17. The molecule has 130 valence electrons. The third kappa shape index (κ3) is 3.13. The lowest BCUT2D eigenvalue weighted by atomic mass is 10.1. The highest BCUT2D eigenvalue weighted by Gasteiger charge is 2.12. The molecule has 0 aliphatic rings. The van der Waals surface area contributed by atoms with Gasteiger partial charge in [0.15, 0.2) is 6.29 Å². The van der Waals surface area contributed by atoms with Crippen molar-refractivity contribution < 1.29 is 18.1 Å². The zero-order valence-electron chi connectivity index (χ0n) is 16.8. The summed E-state index contributed by atoms with van der Waals surface area (Å²) in [6.45, 7) is -2.17. The van der Waals surface area contributed by atoms with Gasteiger partial charge in [-0.25, -0.2) is 4.98 Å². The van der Waals surface area contributed by atoms with Crippen molar-refractivity contribution in [3.05, 3.63) is 70.9 Å². The molecular formula is C21H17NO3S. The van der Waals surface area contributed by atoms with Crippen LogP contribution in [0, 0.1) is 6.85 Å². The molecule has 0 spiro atoms. The number of aldehydes is 1. The number of aromatic nitrogens is 1. The summed E-state index contributed by atoms with van der Waals surface area (Å²) < 4.78 is 35.6. The molecule has 5 heteroatoms. The molecule has 0 saturated heterocycles. The quantitative estimate of drug-likeness (QED) is 0.435. The zero-order valence-corrected chi connectivity index (χ0v) is 14.6. The molecule has 0 unspecified atom stereocenters. The summed E-state index contributed by atoms with van der Waals surface area (Å²) in [6.07, 6.45) is 1.11. The molecule has 0 N–H and O–H groups in total. The van der Waals surface area contributed by atoms with Gasteiger partial charge in [-0.15, -0.1) is 11.3 Å². The normalized spacial score (nSPS) is 13.2. The van der Waals surface area contributed by atoms with Gasteiger partial charge in [0.05, 0.1) is 12.3 Å². The molecule has 26 heavy (non-hydrogen) atoms. The Morgan fingerprint density at radius 2 is 2.12 bits per heavy atom. The van der Waals surface area contributed by atoms with Gasteiger partial charge in [-0.1, -0.05) is 18.2 Å². The van der Waals surface area contributed by atoms with Gasteiger partial charge in [-0.05, 0) is 42.6 Å². The highest BCUT2D eigenvalue weighted by Crippen LogP contribution is 2.32. The average Bonchev–Trinajstić information content (AvgIpc) is 3.36. The first-order valence-corrected chi connectivity index (χ1v) is 8.99. The fourth-order valence-corrected chi connectivity index (χ4v) is 3.65. The Kier molecular flexibility index (Phi) is 3.65. The van der Waals surface area contributed by atoms with Gasteiger partial charge >= 0.3 is 0 Å². The molecule has 2 aromatic carbocycles. The van der Waals surface area contributed by atoms with Crippen LogP contribution in [0.4, 0.5) is 0 Å². The van der Waals surface area contributed by atoms with Crippen molar-refractivity contribution in [2.75, 3.05) is 6.61 Å². The zero-order chi connectivity index (χ0) is 20.4. The molecule has 0 amide bonds. The Labute approximate surface area is 159 Å². The molecule has 2 heterocycles. The number of benzene rings is 2. The molecule has 0 atom stereocenters. The molecule has 2 aromatic heterocycles. The van der Waals surface area contributed by atoms with Crippen LogP contribution in [0.2, 0.25) is 0 Å². The number of carbonyl (C=O) groups is 1. The lowest BCUT2D eigenvalue weighted by Gasteiger charge is -2.07. The first-order chi connectivity index (χ1) is 14.0. The van der Waals surface area contributed by atoms with Crippen LogP contribution in [0.25, 0.3) is 21.5 Å². The molecule has 4 nitrogen and oxygen atoms in total. The van der Waals surface area contributed by atoms with E-state index in [1.165, 1.54) is 11.3 Å². The van der Waals surface area contributed by atoms with E-state index in [1.54, 1.807) is 12.1 Å². The molecule has 4 aromatic rings. The second kappa shape index (κ2) is 7.14. The number of nitrogens with zero attached hydrogens (tertiary/aromatic N) is 1. The van der Waals surface area contributed by atoms with E-state index in [-0.39, 0.29) is 24.7 Å². The van der Waals surface area contributed by atoms with Crippen LogP contribution in [-0.2, 0) is 6.42 Å². The lowest BCUT2D eigenvalue weighted by molar-refractivity contribution is 0.112. The van der Waals surface area contributed by atoms with Crippen LogP contribution in [0.1, 0.15) is 25.9 Å². The number of ether oxygens (including phenoxy) is 1. The number of rotatable bonds is 6. The topological polar surface area (TPSA) is 52.3 Å². The predicted octanol–water partition coefficient (Wildman–Crippen LogP) is 5.30. The number of aryl methyl sites for hydroxylation is 1. The number of thiophene rings is 1. The number of fused-ring (bicyclic) bond motifs is 1. The number of hydrogen-bond donors (Lipinski definition) is 0. The summed E-state index contributed by atoms with van der Waals surface area (Å²) in [6, 6.07) is 14.6. The van der Waals surface area contributed by atoms with E-state index < -0.39 is 6.85 Å². The SMILES string of the molecule is [2H]C([2H])([2H])c1oc(-c2ccccc2)nc1CCOc1ccc(C=O)c2sccc12. The maximum absolute atomic E-state index is 11.2. The minimum Gasteiger partial charge on any atom is -0.493 e. The monoisotopic (exact) mass is 366 g/mol. The van der Waals surface area contributed by atoms with E-state index in [9.17, 15) is 4.79 Å². The van der Waals surface area contributed by atoms with E-state index in [2.05, 4.69) is 4.98 Å². The molecule has 0 bridgehead atoms. The Morgan fingerprint density at radius 3 is 2.92 bits per heavy atom. The molecule has 0 aliphatic heterocycles. The van der Waals surface area contributed by atoms with Gasteiger partial charge in [-0.3, -0.25) is 4.79 Å². The van der Waals surface area contributed by atoms with Gasteiger partial charge in [-0.2, -0.15) is 0 Å². The molecule has 0 fully saturated rings. The first kappa shape index (κ1) is 13.3. The summed E-state index contributed by atoms with van der Waals surface area (Å²) in [5, 5.41) is 2.77. The standard InChI is InChI=1S/C21H17NO3S/c1-14-18(22-21(25-14)15-5-3-2-4-6-15)9-11-24-19-8-7-16(13-23)20-17(19)10-12-26-20/h2-8,10,12-13H,9,11H2,1H3/i1D3. The number of oxazole rings is 1. The van der Waals surface area contributed by atoms with Crippen LogP contribution in [0.3, 0.4) is 0 Å². The summed E-state index contributed by atoms with van der Waals surface area (Å²) in [7, 11) is 0. The summed E-state index contributed by atoms with van der Waals surface area (Å²) in [5.41, 5.74) is 1.69. The minimum atomic E-state index is -2.40. The second-order valence-electron chi connectivity index (χ2n) is 5.69. The van der Waals surface area contributed by atoms with Crippen molar-refractivity contribution in [2.45, 2.75) is 13.3 Å². The average molecular weight is 366 g/mol. The van der Waals surface area contributed by atoms with Crippen molar-refractivity contribution in [3.8, 4) is 17.2 Å². The van der Waals surface area contributed by atoms with E-state index in [0.29, 0.717) is 17.0 Å². The van der Waals surface area contributed by atoms with Gasteiger partial charge < -0.3 is 9.15 Å². The van der Waals surface area contributed by atoms with Crippen LogP contribution >= 0.6 is 11.3 Å². The van der Waals surface area contributed by atoms with Crippen molar-refractivity contribution in [1.29, 1.82) is 0 Å². The summed E-state index contributed by atoms with van der Waals surface area (Å²) in [4.78, 5) is 15.6. The highest BCUT2D eigenvalue weighted by atomic mass is 32.1. The fourth-order valence-electron chi connectivity index (χ4n) is 2.76. The molecule has 4 rings (SSSR count). The fraction of sp³-hybridized carbons (Fsp3) is 0.143. The van der Waals surface area contributed by atoms with E-state index in [1.807, 2.05) is 41.8 Å².